The summed E-state index contributed by atoms with van der Waals surface area (Å²) in [7, 11) is -1.30. The summed E-state index contributed by atoms with van der Waals surface area (Å²) in [5.41, 5.74) is 3.84. The SMILES string of the molecule is CCNc1cc(C(=O)N[C@@H](Cc2ccccc2)[C@H](O)CNCCc2cccc(OC)c2)cc(N2CCCCS2(O)O)c1. The minimum Gasteiger partial charge on any atom is -0.497 e. The van der Waals surface area contributed by atoms with E-state index in [1.807, 2.05) is 67.6 Å². The summed E-state index contributed by atoms with van der Waals surface area (Å²) in [6, 6.07) is 22.4. The van der Waals surface area contributed by atoms with E-state index in [4.69, 9.17) is 4.74 Å². The third kappa shape index (κ3) is 8.86. The molecule has 10 heteroatoms. The van der Waals surface area contributed by atoms with E-state index in [0.717, 1.165) is 41.8 Å². The molecule has 228 valence electrons. The van der Waals surface area contributed by atoms with Crippen LogP contribution in [0.4, 0.5) is 11.4 Å². The normalized spacial score (nSPS) is 16.7. The number of ether oxygens (including phenoxy) is 1. The fourth-order valence-corrected chi connectivity index (χ4v) is 6.83. The molecule has 9 nitrogen and oxygen atoms in total. The highest BCUT2D eigenvalue weighted by atomic mass is 32.3. The smallest absolute Gasteiger partial charge is 0.251 e. The van der Waals surface area contributed by atoms with Gasteiger partial charge in [0.25, 0.3) is 5.91 Å². The van der Waals surface area contributed by atoms with Gasteiger partial charge in [-0.1, -0.05) is 42.5 Å². The van der Waals surface area contributed by atoms with E-state index in [0.29, 0.717) is 49.6 Å². The molecule has 0 unspecified atom stereocenters. The van der Waals surface area contributed by atoms with Crippen molar-refractivity contribution >= 4 is 28.1 Å². The van der Waals surface area contributed by atoms with Crippen LogP contribution in [-0.4, -0.2) is 71.3 Å². The van der Waals surface area contributed by atoms with Crippen molar-refractivity contribution in [1.82, 2.24) is 10.6 Å². The van der Waals surface area contributed by atoms with Crippen LogP contribution in [0.2, 0.25) is 0 Å². The number of methoxy groups -OCH3 is 1. The fraction of sp³-hybridized carbons (Fsp3) is 0.406. The van der Waals surface area contributed by atoms with E-state index >= 15 is 0 Å². The number of hydrogen-bond acceptors (Lipinski definition) is 8. The minimum absolute atomic E-state index is 0.305. The number of carbonyl (C=O) groups excluding carboxylic acids is 1. The topological polar surface area (TPSA) is 126 Å². The molecular formula is C32H44N4O5S. The molecule has 1 fully saturated rings. The van der Waals surface area contributed by atoms with Gasteiger partial charge >= 0.3 is 0 Å². The highest BCUT2D eigenvalue weighted by molar-refractivity contribution is 8.25. The zero-order valence-electron chi connectivity index (χ0n) is 24.5. The zero-order chi connectivity index (χ0) is 30.0. The summed E-state index contributed by atoms with van der Waals surface area (Å²) >= 11 is 0. The molecule has 6 N–H and O–H groups in total. The van der Waals surface area contributed by atoms with E-state index in [-0.39, 0.29) is 5.91 Å². The molecule has 0 bridgehead atoms. The average molecular weight is 597 g/mol. The van der Waals surface area contributed by atoms with Crippen LogP contribution in [0.25, 0.3) is 0 Å². The molecule has 0 aromatic heterocycles. The maximum Gasteiger partial charge on any atom is 0.251 e. The van der Waals surface area contributed by atoms with E-state index < -0.39 is 22.9 Å². The van der Waals surface area contributed by atoms with Crippen molar-refractivity contribution in [3.05, 3.63) is 89.5 Å². The molecular weight excluding hydrogens is 552 g/mol. The molecule has 0 spiro atoms. The standard InChI is InChI=1S/C32H44N4O5S/c1-3-34-27-20-26(21-28(22-27)36-16-7-8-17-42(36,39)40)32(38)35-30(19-24-10-5-4-6-11-24)31(37)23-33-15-14-25-12-9-13-29(18-25)41-2/h4-6,9-13,18,20-22,30-31,33-34,37,39-40H,3,7-8,14-17,19,23H2,1-2H3,(H,35,38)/t30-,31+/m0/s1. The van der Waals surface area contributed by atoms with Crippen LogP contribution in [0.3, 0.4) is 0 Å². The van der Waals surface area contributed by atoms with Gasteiger partial charge < -0.3 is 25.8 Å². The Kier molecular flexibility index (Phi) is 11.5. The number of nitrogens with one attached hydrogen (secondary N) is 3. The first-order valence-electron chi connectivity index (χ1n) is 14.6. The predicted molar refractivity (Wildman–Crippen MR) is 172 cm³/mol. The fourth-order valence-electron chi connectivity index (χ4n) is 5.15. The van der Waals surface area contributed by atoms with Crippen molar-refractivity contribution in [2.24, 2.45) is 0 Å². The van der Waals surface area contributed by atoms with Gasteiger partial charge in [0, 0.05) is 30.9 Å². The van der Waals surface area contributed by atoms with Crippen molar-refractivity contribution in [2.45, 2.75) is 44.8 Å². The molecule has 3 aromatic carbocycles. The molecule has 2 atom stereocenters. The van der Waals surface area contributed by atoms with Crippen LogP contribution in [-0.2, 0) is 12.8 Å². The van der Waals surface area contributed by atoms with Crippen molar-refractivity contribution in [1.29, 1.82) is 0 Å². The maximum atomic E-state index is 13.7. The van der Waals surface area contributed by atoms with E-state index in [1.165, 1.54) is 0 Å². The van der Waals surface area contributed by atoms with Crippen LogP contribution < -0.4 is 25.0 Å². The molecule has 1 saturated heterocycles. The van der Waals surface area contributed by atoms with Crippen LogP contribution in [0.1, 0.15) is 41.3 Å². The molecule has 1 aliphatic heterocycles. The first-order chi connectivity index (χ1) is 20.3. The first kappa shape index (κ1) is 31.7. The Morgan fingerprint density at radius 2 is 1.81 bits per heavy atom. The highest BCUT2D eigenvalue weighted by Gasteiger charge is 2.28. The Hall–Kier alpha value is -3.28. The second-order valence-electron chi connectivity index (χ2n) is 10.6. The van der Waals surface area contributed by atoms with Crippen LogP contribution >= 0.6 is 10.8 Å². The van der Waals surface area contributed by atoms with Gasteiger partial charge in [-0.3, -0.25) is 18.2 Å². The van der Waals surface area contributed by atoms with Crippen molar-refractivity contribution in [3.8, 4) is 5.75 Å². The number of hydrogen-bond donors (Lipinski definition) is 6. The number of carbonyl (C=O) groups is 1. The van der Waals surface area contributed by atoms with Crippen molar-refractivity contribution in [3.63, 3.8) is 0 Å². The lowest BCUT2D eigenvalue weighted by atomic mass is 10.00. The number of aliphatic hydroxyl groups is 1. The van der Waals surface area contributed by atoms with E-state index in [9.17, 15) is 19.0 Å². The Labute approximate surface area is 250 Å². The van der Waals surface area contributed by atoms with Gasteiger partial charge in [-0.15, -0.1) is 10.8 Å². The summed E-state index contributed by atoms with van der Waals surface area (Å²) < 4.78 is 28.4. The van der Waals surface area contributed by atoms with Crippen molar-refractivity contribution < 1.29 is 23.7 Å². The Morgan fingerprint density at radius 3 is 2.55 bits per heavy atom. The molecule has 4 rings (SSSR count). The van der Waals surface area contributed by atoms with Gasteiger partial charge in [-0.05, 0) is 80.6 Å². The van der Waals surface area contributed by atoms with Gasteiger partial charge in [0.1, 0.15) is 5.75 Å². The highest BCUT2D eigenvalue weighted by Crippen LogP contribution is 2.50. The minimum atomic E-state index is -2.95. The second kappa shape index (κ2) is 15.3. The summed E-state index contributed by atoms with van der Waals surface area (Å²) in [5, 5.41) is 20.9. The number of nitrogens with zero attached hydrogens (tertiary/aromatic N) is 1. The van der Waals surface area contributed by atoms with Crippen LogP contribution in [0, 0.1) is 0 Å². The Balaban J connectivity index is 1.48. The molecule has 1 aliphatic rings. The Bertz CT molecular complexity index is 1290. The van der Waals surface area contributed by atoms with Gasteiger partial charge in [0.15, 0.2) is 0 Å². The molecule has 0 saturated carbocycles. The summed E-state index contributed by atoms with van der Waals surface area (Å²) in [5.74, 6) is 0.793. The lowest BCUT2D eigenvalue weighted by molar-refractivity contribution is 0.0831. The second-order valence-corrected chi connectivity index (χ2v) is 12.7. The summed E-state index contributed by atoms with van der Waals surface area (Å²) in [6.07, 6.45) is 1.99. The van der Waals surface area contributed by atoms with Crippen molar-refractivity contribution in [2.75, 3.05) is 48.7 Å². The van der Waals surface area contributed by atoms with Crippen LogP contribution in [0.5, 0.6) is 5.75 Å². The molecule has 0 aliphatic carbocycles. The number of benzene rings is 3. The van der Waals surface area contributed by atoms with E-state index in [1.54, 1.807) is 23.5 Å². The Morgan fingerprint density at radius 1 is 1.02 bits per heavy atom. The summed E-state index contributed by atoms with van der Waals surface area (Å²) in [4.78, 5) is 13.7. The third-order valence-corrected chi connectivity index (χ3v) is 9.32. The zero-order valence-corrected chi connectivity index (χ0v) is 25.3. The lowest BCUT2D eigenvalue weighted by Crippen LogP contribution is -2.49. The largest absolute Gasteiger partial charge is 0.497 e. The van der Waals surface area contributed by atoms with Gasteiger partial charge in [0.05, 0.1) is 30.7 Å². The van der Waals surface area contributed by atoms with Crippen LogP contribution in [0.15, 0.2) is 72.8 Å². The van der Waals surface area contributed by atoms with Gasteiger partial charge in [-0.25, -0.2) is 0 Å². The monoisotopic (exact) mass is 596 g/mol. The average Bonchev–Trinajstić information content (AvgIpc) is 2.99. The molecule has 0 radical (unpaired) electrons. The number of amides is 1. The molecule has 3 aromatic rings. The number of aliphatic hydroxyl groups excluding tert-OH is 1. The number of rotatable bonds is 14. The van der Waals surface area contributed by atoms with E-state index in [2.05, 4.69) is 16.0 Å². The van der Waals surface area contributed by atoms with Gasteiger partial charge in [-0.2, -0.15) is 0 Å². The predicted octanol–water partition coefficient (Wildman–Crippen LogP) is 4.93. The molecule has 42 heavy (non-hydrogen) atoms. The maximum absolute atomic E-state index is 13.7. The van der Waals surface area contributed by atoms with Gasteiger partial charge in [0.2, 0.25) is 0 Å². The molecule has 1 heterocycles. The lowest BCUT2D eigenvalue weighted by Gasteiger charge is -2.47. The quantitative estimate of drug-likeness (QED) is 0.145. The first-order valence-corrected chi connectivity index (χ1v) is 16.3. The summed E-state index contributed by atoms with van der Waals surface area (Å²) in [6.45, 7) is 4.09. The third-order valence-electron chi connectivity index (χ3n) is 7.39. The molecule has 1 amide bonds. The number of anilines is 2.